The minimum atomic E-state index is 0.132. The van der Waals surface area contributed by atoms with Gasteiger partial charge in [0.05, 0.1) is 5.69 Å². The van der Waals surface area contributed by atoms with Crippen molar-refractivity contribution in [1.29, 1.82) is 0 Å². The van der Waals surface area contributed by atoms with E-state index in [4.69, 9.17) is 0 Å². The predicted octanol–water partition coefficient (Wildman–Crippen LogP) is 0.782. The average molecular weight is 266 g/mol. The van der Waals surface area contributed by atoms with Gasteiger partial charge in [0, 0.05) is 13.1 Å². The number of nitrogens with one attached hydrogen (secondary N) is 1. The molecule has 3 rings (SSSR count). The number of rotatable bonds is 2. The predicted molar refractivity (Wildman–Crippen MR) is 69.7 cm³/mol. The van der Waals surface area contributed by atoms with Crippen molar-refractivity contribution in [2.24, 2.45) is 11.8 Å². The van der Waals surface area contributed by atoms with Crippen molar-refractivity contribution in [3.8, 4) is 0 Å². The Morgan fingerprint density at radius 1 is 1.50 bits per heavy atom. The fourth-order valence-electron chi connectivity index (χ4n) is 2.97. The van der Waals surface area contributed by atoms with Crippen molar-refractivity contribution < 1.29 is 4.79 Å². The largest absolute Gasteiger partial charge is 0.337 e. The molecular formula is C12H18N4OS. The summed E-state index contributed by atoms with van der Waals surface area (Å²) in [5, 5.41) is 7.45. The SMILES string of the molecule is CCc1nnsc1C(=O)N1CCC2CNCC2C1. The highest BCUT2D eigenvalue weighted by molar-refractivity contribution is 7.08. The topological polar surface area (TPSA) is 58.1 Å². The number of aromatic nitrogens is 2. The van der Waals surface area contributed by atoms with Gasteiger partial charge in [-0.25, -0.2) is 0 Å². The molecule has 1 aromatic rings. The lowest BCUT2D eigenvalue weighted by Crippen LogP contribution is -2.43. The summed E-state index contributed by atoms with van der Waals surface area (Å²) < 4.78 is 3.91. The van der Waals surface area contributed by atoms with Crippen molar-refractivity contribution in [2.45, 2.75) is 19.8 Å². The first-order valence-corrected chi connectivity index (χ1v) is 7.38. The minimum absolute atomic E-state index is 0.132. The Morgan fingerprint density at radius 2 is 2.33 bits per heavy atom. The van der Waals surface area contributed by atoms with Crippen LogP contribution in [0.3, 0.4) is 0 Å². The van der Waals surface area contributed by atoms with Crippen molar-refractivity contribution in [1.82, 2.24) is 19.8 Å². The third-order valence-electron chi connectivity index (χ3n) is 4.08. The molecule has 0 bridgehead atoms. The second kappa shape index (κ2) is 4.93. The van der Waals surface area contributed by atoms with E-state index >= 15 is 0 Å². The number of carbonyl (C=O) groups is 1. The molecule has 2 saturated heterocycles. The zero-order valence-electron chi connectivity index (χ0n) is 10.6. The molecular weight excluding hydrogens is 248 g/mol. The highest BCUT2D eigenvalue weighted by Crippen LogP contribution is 2.28. The molecule has 1 amide bonds. The third-order valence-corrected chi connectivity index (χ3v) is 4.83. The van der Waals surface area contributed by atoms with E-state index < -0.39 is 0 Å². The van der Waals surface area contributed by atoms with Gasteiger partial charge in [0.25, 0.3) is 5.91 Å². The van der Waals surface area contributed by atoms with Crippen LogP contribution in [0.25, 0.3) is 0 Å². The maximum Gasteiger partial charge on any atom is 0.267 e. The van der Waals surface area contributed by atoms with E-state index in [1.54, 1.807) is 0 Å². The molecule has 0 spiro atoms. The molecule has 5 nitrogen and oxygen atoms in total. The van der Waals surface area contributed by atoms with Crippen LogP contribution in [0.5, 0.6) is 0 Å². The highest BCUT2D eigenvalue weighted by Gasteiger charge is 2.35. The number of amides is 1. The summed E-state index contributed by atoms with van der Waals surface area (Å²) in [7, 11) is 0. The van der Waals surface area contributed by atoms with E-state index in [1.165, 1.54) is 11.5 Å². The van der Waals surface area contributed by atoms with Gasteiger partial charge in [-0.05, 0) is 49.3 Å². The molecule has 1 N–H and O–H groups in total. The van der Waals surface area contributed by atoms with Gasteiger partial charge in [-0.2, -0.15) is 0 Å². The Hall–Kier alpha value is -1.01. The molecule has 2 unspecified atom stereocenters. The highest BCUT2D eigenvalue weighted by atomic mass is 32.1. The zero-order chi connectivity index (χ0) is 12.5. The fourth-order valence-corrected chi connectivity index (χ4v) is 3.68. The number of hydrogen-bond acceptors (Lipinski definition) is 5. The monoisotopic (exact) mass is 266 g/mol. The summed E-state index contributed by atoms with van der Waals surface area (Å²) in [5.41, 5.74) is 0.844. The maximum absolute atomic E-state index is 12.5. The molecule has 98 valence electrons. The van der Waals surface area contributed by atoms with E-state index in [-0.39, 0.29) is 5.91 Å². The second-order valence-electron chi connectivity index (χ2n) is 5.12. The molecule has 1 aromatic heterocycles. The average Bonchev–Trinajstić information content (AvgIpc) is 3.05. The molecule has 2 atom stereocenters. The normalized spacial score (nSPS) is 27.3. The number of hydrogen-bond donors (Lipinski definition) is 1. The Bertz CT molecular complexity index is 447. The quantitative estimate of drug-likeness (QED) is 0.859. The summed E-state index contributed by atoms with van der Waals surface area (Å²) in [6, 6.07) is 0. The lowest BCUT2D eigenvalue weighted by Gasteiger charge is -2.34. The Kier molecular flexibility index (Phi) is 3.30. The summed E-state index contributed by atoms with van der Waals surface area (Å²) in [5.74, 6) is 1.53. The summed E-state index contributed by atoms with van der Waals surface area (Å²) in [6.07, 6.45) is 1.90. The van der Waals surface area contributed by atoms with Gasteiger partial charge >= 0.3 is 0 Å². The van der Waals surface area contributed by atoms with Gasteiger partial charge in [-0.3, -0.25) is 4.79 Å². The van der Waals surface area contributed by atoms with E-state index in [1.807, 2.05) is 11.8 Å². The molecule has 2 aliphatic rings. The van der Waals surface area contributed by atoms with Crippen molar-refractivity contribution >= 4 is 17.4 Å². The Balaban J connectivity index is 1.73. The number of fused-ring (bicyclic) bond motifs is 1. The standard InChI is InChI=1S/C12H18N4OS/c1-2-10-11(18-15-14-10)12(17)16-4-3-8-5-13-6-9(8)7-16/h8-9,13H,2-7H2,1H3. The number of piperidine rings is 1. The number of aryl methyl sites for hydroxylation is 1. The smallest absolute Gasteiger partial charge is 0.267 e. The summed E-state index contributed by atoms with van der Waals surface area (Å²) >= 11 is 1.23. The first-order valence-electron chi connectivity index (χ1n) is 6.60. The van der Waals surface area contributed by atoms with Crippen molar-refractivity contribution in [3.05, 3.63) is 10.6 Å². The molecule has 0 aliphatic carbocycles. The molecule has 18 heavy (non-hydrogen) atoms. The van der Waals surface area contributed by atoms with Crippen LogP contribution < -0.4 is 5.32 Å². The van der Waals surface area contributed by atoms with Crippen LogP contribution in [0.1, 0.15) is 28.7 Å². The molecule has 2 aliphatic heterocycles. The fraction of sp³-hybridized carbons (Fsp3) is 0.750. The molecule has 0 saturated carbocycles. The number of likely N-dealkylation sites (tertiary alicyclic amines) is 1. The van der Waals surface area contributed by atoms with Gasteiger partial charge < -0.3 is 10.2 Å². The van der Waals surface area contributed by atoms with Crippen molar-refractivity contribution in [2.75, 3.05) is 26.2 Å². The maximum atomic E-state index is 12.5. The summed E-state index contributed by atoms with van der Waals surface area (Å²) in [4.78, 5) is 15.2. The summed E-state index contributed by atoms with van der Waals surface area (Å²) in [6.45, 7) is 5.95. The van der Waals surface area contributed by atoms with Crippen LogP contribution in [0.15, 0.2) is 0 Å². The lowest BCUT2D eigenvalue weighted by atomic mass is 9.88. The van der Waals surface area contributed by atoms with Crippen LogP contribution in [0.4, 0.5) is 0 Å². The lowest BCUT2D eigenvalue weighted by molar-refractivity contribution is 0.0646. The zero-order valence-corrected chi connectivity index (χ0v) is 11.4. The van der Waals surface area contributed by atoms with Crippen LogP contribution in [0.2, 0.25) is 0 Å². The number of nitrogens with zero attached hydrogens (tertiary/aromatic N) is 3. The van der Waals surface area contributed by atoms with Gasteiger partial charge in [-0.1, -0.05) is 11.4 Å². The van der Waals surface area contributed by atoms with Gasteiger partial charge in [-0.15, -0.1) is 5.10 Å². The van der Waals surface area contributed by atoms with E-state index in [0.29, 0.717) is 5.92 Å². The van der Waals surface area contributed by atoms with Crippen molar-refractivity contribution in [3.63, 3.8) is 0 Å². The molecule has 6 heteroatoms. The van der Waals surface area contributed by atoms with E-state index in [9.17, 15) is 4.79 Å². The molecule has 2 fully saturated rings. The van der Waals surface area contributed by atoms with E-state index in [2.05, 4.69) is 14.9 Å². The van der Waals surface area contributed by atoms with Crippen LogP contribution in [-0.4, -0.2) is 46.6 Å². The first kappa shape index (κ1) is 12.0. The molecule has 3 heterocycles. The van der Waals surface area contributed by atoms with Crippen LogP contribution >= 0.6 is 11.5 Å². The van der Waals surface area contributed by atoms with Gasteiger partial charge in [0.1, 0.15) is 4.88 Å². The Morgan fingerprint density at radius 3 is 3.17 bits per heavy atom. The van der Waals surface area contributed by atoms with Crippen LogP contribution in [0, 0.1) is 11.8 Å². The first-order chi connectivity index (χ1) is 8.79. The number of carbonyl (C=O) groups excluding carboxylic acids is 1. The Labute approximate surface area is 111 Å². The molecule has 0 radical (unpaired) electrons. The third kappa shape index (κ3) is 2.03. The van der Waals surface area contributed by atoms with Gasteiger partial charge in [0.2, 0.25) is 0 Å². The van der Waals surface area contributed by atoms with Gasteiger partial charge in [0.15, 0.2) is 0 Å². The van der Waals surface area contributed by atoms with Crippen LogP contribution in [-0.2, 0) is 6.42 Å². The second-order valence-corrected chi connectivity index (χ2v) is 5.87. The minimum Gasteiger partial charge on any atom is -0.337 e. The molecule has 0 aromatic carbocycles. The van der Waals surface area contributed by atoms with E-state index in [0.717, 1.165) is 55.5 Å².